The van der Waals surface area contributed by atoms with Crippen LogP contribution in [0.25, 0.3) is 0 Å². The Kier molecular flexibility index (Phi) is 5.60. The quantitative estimate of drug-likeness (QED) is 0.617. The van der Waals surface area contributed by atoms with Gasteiger partial charge in [-0.2, -0.15) is 0 Å². The van der Waals surface area contributed by atoms with Crippen LogP contribution in [0.3, 0.4) is 0 Å². The van der Waals surface area contributed by atoms with Crippen molar-refractivity contribution in [3.63, 3.8) is 0 Å². The molecule has 0 saturated heterocycles. The van der Waals surface area contributed by atoms with E-state index in [1.807, 2.05) is 19.9 Å². The molecule has 16 heavy (non-hydrogen) atoms. The third kappa shape index (κ3) is 4.84. The molecule has 0 aliphatic heterocycles. The number of hydrogen-bond acceptors (Lipinski definition) is 3. The molecule has 0 fully saturated rings. The monoisotopic (exact) mass is 243 g/mol. The van der Waals surface area contributed by atoms with Crippen LogP contribution in [0.1, 0.15) is 19.4 Å². The number of nitrogens with two attached hydrogens (primary N) is 1. The second-order valence-electron chi connectivity index (χ2n) is 3.82. The molecule has 0 amide bonds. The van der Waals surface area contributed by atoms with E-state index >= 15 is 0 Å². The number of ether oxygens (including phenoxy) is 2. The lowest BCUT2D eigenvalue weighted by Crippen LogP contribution is -2.09. The molecule has 0 aliphatic rings. The number of halogens is 1. The predicted octanol–water partition coefficient (Wildman–Crippen LogP) is 2.86. The highest BCUT2D eigenvalue weighted by Gasteiger charge is 2.00. The minimum atomic E-state index is 0.236. The first-order valence-electron chi connectivity index (χ1n) is 5.33. The van der Waals surface area contributed by atoms with Gasteiger partial charge >= 0.3 is 0 Å². The first-order chi connectivity index (χ1) is 7.59. The summed E-state index contributed by atoms with van der Waals surface area (Å²) >= 11 is 5.86. The smallest absolute Gasteiger partial charge is 0.0738 e. The maximum absolute atomic E-state index is 5.86. The van der Waals surface area contributed by atoms with Crippen LogP contribution >= 0.6 is 11.6 Å². The van der Waals surface area contributed by atoms with Crippen molar-refractivity contribution in [2.24, 2.45) is 0 Å². The maximum atomic E-state index is 5.86. The van der Waals surface area contributed by atoms with Crippen LogP contribution in [0.4, 0.5) is 5.69 Å². The van der Waals surface area contributed by atoms with E-state index in [4.69, 9.17) is 26.8 Å². The zero-order valence-corrected chi connectivity index (χ0v) is 10.5. The summed E-state index contributed by atoms with van der Waals surface area (Å²) in [6, 6.07) is 5.37. The van der Waals surface area contributed by atoms with Crippen molar-refractivity contribution in [1.82, 2.24) is 0 Å². The second kappa shape index (κ2) is 6.74. The van der Waals surface area contributed by atoms with E-state index in [1.54, 1.807) is 12.1 Å². The summed E-state index contributed by atoms with van der Waals surface area (Å²) in [4.78, 5) is 0. The molecule has 4 heteroatoms. The van der Waals surface area contributed by atoms with Gasteiger partial charge in [0.05, 0.1) is 25.9 Å². The van der Waals surface area contributed by atoms with Gasteiger partial charge in [0, 0.05) is 16.3 Å². The summed E-state index contributed by atoms with van der Waals surface area (Å²) in [5.74, 6) is 0. The molecule has 0 bridgehead atoms. The van der Waals surface area contributed by atoms with Crippen molar-refractivity contribution in [3.05, 3.63) is 28.8 Å². The zero-order valence-electron chi connectivity index (χ0n) is 9.70. The minimum Gasteiger partial charge on any atom is -0.398 e. The van der Waals surface area contributed by atoms with Crippen LogP contribution in [0.2, 0.25) is 5.02 Å². The number of nitrogen functional groups attached to an aromatic ring is 1. The van der Waals surface area contributed by atoms with Crippen molar-refractivity contribution in [1.29, 1.82) is 0 Å². The van der Waals surface area contributed by atoms with Gasteiger partial charge in [0.2, 0.25) is 0 Å². The topological polar surface area (TPSA) is 44.5 Å². The van der Waals surface area contributed by atoms with Crippen LogP contribution in [-0.2, 0) is 16.1 Å². The molecule has 90 valence electrons. The SMILES string of the molecule is CC(C)OCCOCc1cc(Cl)ccc1N. The van der Waals surface area contributed by atoms with Crippen molar-refractivity contribution in [2.75, 3.05) is 18.9 Å². The van der Waals surface area contributed by atoms with Gasteiger partial charge < -0.3 is 15.2 Å². The molecule has 1 aromatic rings. The Morgan fingerprint density at radius 3 is 2.75 bits per heavy atom. The molecule has 0 aromatic heterocycles. The average molecular weight is 244 g/mol. The fourth-order valence-corrected chi connectivity index (χ4v) is 1.42. The molecule has 1 rings (SSSR count). The number of rotatable bonds is 6. The molecule has 0 spiro atoms. The van der Waals surface area contributed by atoms with E-state index in [9.17, 15) is 0 Å². The summed E-state index contributed by atoms with van der Waals surface area (Å²) in [7, 11) is 0. The third-order valence-corrected chi connectivity index (χ3v) is 2.28. The maximum Gasteiger partial charge on any atom is 0.0738 e. The molecule has 0 saturated carbocycles. The Bertz CT molecular complexity index is 329. The lowest BCUT2D eigenvalue weighted by Gasteiger charge is -2.09. The van der Waals surface area contributed by atoms with Crippen LogP contribution < -0.4 is 5.73 Å². The Morgan fingerprint density at radius 2 is 2.06 bits per heavy atom. The van der Waals surface area contributed by atoms with Gasteiger partial charge in [0.25, 0.3) is 0 Å². The molecule has 3 nitrogen and oxygen atoms in total. The first-order valence-corrected chi connectivity index (χ1v) is 5.70. The van der Waals surface area contributed by atoms with Crippen LogP contribution in [-0.4, -0.2) is 19.3 Å². The van der Waals surface area contributed by atoms with Gasteiger partial charge in [-0.15, -0.1) is 0 Å². The molecule has 0 unspecified atom stereocenters. The van der Waals surface area contributed by atoms with Crippen molar-refractivity contribution in [2.45, 2.75) is 26.6 Å². The van der Waals surface area contributed by atoms with Gasteiger partial charge in [0.1, 0.15) is 0 Å². The summed E-state index contributed by atoms with van der Waals surface area (Å²) in [6.07, 6.45) is 0.236. The average Bonchev–Trinajstić information content (AvgIpc) is 2.22. The molecule has 0 heterocycles. The van der Waals surface area contributed by atoms with Crippen molar-refractivity contribution >= 4 is 17.3 Å². The third-order valence-electron chi connectivity index (χ3n) is 2.04. The molecule has 0 radical (unpaired) electrons. The highest BCUT2D eigenvalue weighted by molar-refractivity contribution is 6.30. The van der Waals surface area contributed by atoms with Gasteiger partial charge in [0.15, 0.2) is 0 Å². The van der Waals surface area contributed by atoms with Crippen LogP contribution in [0.5, 0.6) is 0 Å². The van der Waals surface area contributed by atoms with E-state index in [1.165, 1.54) is 0 Å². The van der Waals surface area contributed by atoms with Crippen LogP contribution in [0.15, 0.2) is 18.2 Å². The lowest BCUT2D eigenvalue weighted by molar-refractivity contribution is 0.0144. The molecular formula is C12H18ClNO2. The van der Waals surface area contributed by atoms with E-state index < -0.39 is 0 Å². The zero-order chi connectivity index (χ0) is 12.0. The van der Waals surface area contributed by atoms with Gasteiger partial charge in [-0.3, -0.25) is 0 Å². The predicted molar refractivity (Wildman–Crippen MR) is 66.6 cm³/mol. The number of hydrogen-bond donors (Lipinski definition) is 1. The summed E-state index contributed by atoms with van der Waals surface area (Å²) < 4.78 is 10.8. The van der Waals surface area contributed by atoms with E-state index in [2.05, 4.69) is 0 Å². The van der Waals surface area contributed by atoms with Crippen molar-refractivity contribution < 1.29 is 9.47 Å². The Labute approximate surface area is 101 Å². The molecule has 1 aromatic carbocycles. The summed E-state index contributed by atoms with van der Waals surface area (Å²) in [5.41, 5.74) is 7.40. The highest BCUT2D eigenvalue weighted by atomic mass is 35.5. The van der Waals surface area contributed by atoms with Gasteiger partial charge in [-0.05, 0) is 32.0 Å². The normalized spacial score (nSPS) is 11.0. The molecule has 0 aliphatic carbocycles. The van der Waals surface area contributed by atoms with Crippen molar-refractivity contribution in [3.8, 4) is 0 Å². The first kappa shape index (κ1) is 13.3. The summed E-state index contributed by atoms with van der Waals surface area (Å²) in [5, 5.41) is 0.672. The fourth-order valence-electron chi connectivity index (χ4n) is 1.22. The van der Waals surface area contributed by atoms with E-state index in [-0.39, 0.29) is 6.10 Å². The van der Waals surface area contributed by atoms with Crippen LogP contribution in [0, 0.1) is 0 Å². The molecule has 2 N–H and O–H groups in total. The van der Waals surface area contributed by atoms with E-state index in [0.717, 1.165) is 5.56 Å². The number of anilines is 1. The Hall–Kier alpha value is -0.770. The minimum absolute atomic E-state index is 0.236. The highest BCUT2D eigenvalue weighted by Crippen LogP contribution is 2.18. The largest absolute Gasteiger partial charge is 0.398 e. The van der Waals surface area contributed by atoms with E-state index in [0.29, 0.717) is 30.5 Å². The molecular weight excluding hydrogens is 226 g/mol. The standard InChI is InChI=1S/C12H18ClNO2/c1-9(2)16-6-5-15-8-10-7-11(13)3-4-12(10)14/h3-4,7,9H,5-6,8,14H2,1-2H3. The summed E-state index contributed by atoms with van der Waals surface area (Å²) in [6.45, 7) is 5.61. The molecule has 0 atom stereocenters. The second-order valence-corrected chi connectivity index (χ2v) is 4.25. The fraction of sp³-hybridized carbons (Fsp3) is 0.500. The van der Waals surface area contributed by atoms with Gasteiger partial charge in [-0.25, -0.2) is 0 Å². The Morgan fingerprint density at radius 1 is 1.31 bits per heavy atom. The number of benzene rings is 1. The Balaban J connectivity index is 2.29. The lowest BCUT2D eigenvalue weighted by atomic mass is 10.2. The van der Waals surface area contributed by atoms with Gasteiger partial charge in [-0.1, -0.05) is 11.6 Å².